The predicted octanol–water partition coefficient (Wildman–Crippen LogP) is 0.795. The van der Waals surface area contributed by atoms with Crippen LogP contribution in [0.1, 0.15) is 12.8 Å². The van der Waals surface area contributed by atoms with E-state index in [-0.39, 0.29) is 16.3 Å². The fraction of sp³-hybridized carbons (Fsp3) is 0.588. The number of aromatic hydroxyl groups is 1. The van der Waals surface area contributed by atoms with Crippen LogP contribution in [-0.2, 0) is 14.8 Å². The first-order chi connectivity index (χ1) is 13.0. The Hall–Kier alpha value is -1.46. The summed E-state index contributed by atoms with van der Waals surface area (Å²) < 4.78 is 32.2. The molecular formula is C17H26N4O4S2. The molecule has 2 aliphatic heterocycles. The van der Waals surface area contributed by atoms with E-state index in [4.69, 9.17) is 17.0 Å². The van der Waals surface area contributed by atoms with Gasteiger partial charge in [-0.15, -0.1) is 0 Å². The van der Waals surface area contributed by atoms with Gasteiger partial charge in [-0.25, -0.2) is 8.42 Å². The molecule has 10 heteroatoms. The molecule has 1 aromatic rings. The van der Waals surface area contributed by atoms with Crippen molar-refractivity contribution in [3.8, 4) is 5.75 Å². The van der Waals surface area contributed by atoms with Crippen molar-refractivity contribution in [2.45, 2.75) is 17.7 Å². The average molecular weight is 415 g/mol. The molecule has 2 fully saturated rings. The van der Waals surface area contributed by atoms with Gasteiger partial charge in [0.25, 0.3) is 0 Å². The van der Waals surface area contributed by atoms with E-state index >= 15 is 0 Å². The number of hydrogen-bond donors (Lipinski definition) is 3. The van der Waals surface area contributed by atoms with Gasteiger partial charge >= 0.3 is 0 Å². The number of nitrogens with one attached hydrogen (secondary N) is 2. The van der Waals surface area contributed by atoms with E-state index < -0.39 is 10.0 Å². The van der Waals surface area contributed by atoms with Crippen molar-refractivity contribution in [1.29, 1.82) is 0 Å². The number of anilines is 1. The molecule has 0 atom stereocenters. The molecule has 150 valence electrons. The first kappa shape index (κ1) is 20.3. The topological polar surface area (TPSA) is 94.1 Å². The summed E-state index contributed by atoms with van der Waals surface area (Å²) in [5, 5.41) is 16.4. The number of rotatable bonds is 6. The van der Waals surface area contributed by atoms with Crippen LogP contribution in [-0.4, -0.2) is 80.3 Å². The third-order valence-corrected chi connectivity index (χ3v) is 6.88. The maximum atomic E-state index is 12.7. The van der Waals surface area contributed by atoms with Crippen molar-refractivity contribution in [3.63, 3.8) is 0 Å². The van der Waals surface area contributed by atoms with Gasteiger partial charge < -0.3 is 20.5 Å². The van der Waals surface area contributed by atoms with Crippen LogP contribution in [0.4, 0.5) is 5.69 Å². The molecule has 2 aliphatic rings. The lowest BCUT2D eigenvalue weighted by Gasteiger charge is -2.26. The molecule has 27 heavy (non-hydrogen) atoms. The van der Waals surface area contributed by atoms with Crippen LogP contribution in [0.5, 0.6) is 5.75 Å². The SMILES string of the molecule is O=S(=O)(c1ccc(O)c(NC(=S)NCCN2CCOCC2)c1)N1CCCC1. The molecule has 0 radical (unpaired) electrons. The summed E-state index contributed by atoms with van der Waals surface area (Å²) in [6.07, 6.45) is 1.75. The Morgan fingerprint density at radius 2 is 1.89 bits per heavy atom. The molecule has 0 spiro atoms. The average Bonchev–Trinajstić information content (AvgIpc) is 3.20. The third kappa shape index (κ3) is 5.29. The molecular weight excluding hydrogens is 388 g/mol. The van der Waals surface area contributed by atoms with Gasteiger partial charge in [-0.1, -0.05) is 0 Å². The Bertz CT molecular complexity index is 760. The van der Waals surface area contributed by atoms with Gasteiger partial charge in [0.2, 0.25) is 10.0 Å². The maximum Gasteiger partial charge on any atom is 0.243 e. The Balaban J connectivity index is 1.58. The Kier molecular flexibility index (Phi) is 6.88. The van der Waals surface area contributed by atoms with Crippen LogP contribution >= 0.6 is 12.2 Å². The van der Waals surface area contributed by atoms with E-state index in [0.717, 1.165) is 45.7 Å². The van der Waals surface area contributed by atoms with Gasteiger partial charge in [-0.2, -0.15) is 4.31 Å². The normalized spacial score (nSPS) is 19.1. The summed E-state index contributed by atoms with van der Waals surface area (Å²) in [5.41, 5.74) is 0.277. The molecule has 0 amide bonds. The van der Waals surface area contributed by atoms with Gasteiger partial charge in [0, 0.05) is 39.3 Å². The Labute approximate surface area is 165 Å². The fourth-order valence-electron chi connectivity index (χ4n) is 3.17. The second-order valence-electron chi connectivity index (χ2n) is 6.63. The molecule has 2 saturated heterocycles. The first-order valence-corrected chi connectivity index (χ1v) is 11.0. The zero-order valence-electron chi connectivity index (χ0n) is 15.2. The highest BCUT2D eigenvalue weighted by Crippen LogP contribution is 2.29. The van der Waals surface area contributed by atoms with Crippen molar-refractivity contribution >= 4 is 33.0 Å². The van der Waals surface area contributed by atoms with Gasteiger partial charge in [-0.05, 0) is 43.3 Å². The number of nitrogens with zero attached hydrogens (tertiary/aromatic N) is 2. The Morgan fingerprint density at radius 1 is 1.19 bits per heavy atom. The predicted molar refractivity (Wildman–Crippen MR) is 108 cm³/mol. The number of thiocarbonyl (C=S) groups is 1. The lowest BCUT2D eigenvalue weighted by Crippen LogP contribution is -2.42. The number of phenols is 1. The number of hydrogen-bond acceptors (Lipinski definition) is 6. The van der Waals surface area contributed by atoms with Gasteiger partial charge in [0.05, 0.1) is 23.8 Å². The molecule has 0 saturated carbocycles. The Morgan fingerprint density at radius 3 is 2.59 bits per heavy atom. The zero-order valence-corrected chi connectivity index (χ0v) is 16.8. The van der Waals surface area contributed by atoms with Gasteiger partial charge in [0.15, 0.2) is 5.11 Å². The van der Waals surface area contributed by atoms with Crippen molar-refractivity contribution < 1.29 is 18.3 Å². The second-order valence-corrected chi connectivity index (χ2v) is 8.97. The zero-order chi connectivity index (χ0) is 19.3. The van der Waals surface area contributed by atoms with Crippen molar-refractivity contribution in [2.75, 3.05) is 57.8 Å². The molecule has 0 aromatic heterocycles. The summed E-state index contributed by atoms with van der Waals surface area (Å²) in [6, 6.07) is 4.23. The molecule has 2 heterocycles. The van der Waals surface area contributed by atoms with Crippen LogP contribution in [0.25, 0.3) is 0 Å². The third-order valence-electron chi connectivity index (χ3n) is 4.74. The smallest absolute Gasteiger partial charge is 0.243 e. The molecule has 3 N–H and O–H groups in total. The van der Waals surface area contributed by atoms with Gasteiger partial charge in [-0.3, -0.25) is 4.90 Å². The number of morpholine rings is 1. The minimum Gasteiger partial charge on any atom is -0.506 e. The van der Waals surface area contributed by atoms with E-state index in [0.29, 0.717) is 24.7 Å². The molecule has 8 nitrogen and oxygen atoms in total. The quantitative estimate of drug-likeness (QED) is 0.465. The minimum absolute atomic E-state index is 0.0484. The fourth-order valence-corrected chi connectivity index (χ4v) is 4.93. The van der Waals surface area contributed by atoms with Crippen LogP contribution in [0, 0.1) is 0 Å². The highest BCUT2D eigenvalue weighted by molar-refractivity contribution is 7.89. The van der Waals surface area contributed by atoms with Crippen molar-refractivity contribution in [1.82, 2.24) is 14.5 Å². The van der Waals surface area contributed by atoms with Crippen LogP contribution < -0.4 is 10.6 Å². The monoisotopic (exact) mass is 414 g/mol. The largest absolute Gasteiger partial charge is 0.506 e. The number of sulfonamides is 1. The molecule has 0 unspecified atom stereocenters. The summed E-state index contributed by atoms with van der Waals surface area (Å²) in [7, 11) is -3.55. The molecule has 0 aliphatic carbocycles. The van der Waals surface area contributed by atoms with E-state index in [1.165, 1.54) is 22.5 Å². The summed E-state index contributed by atoms with van der Waals surface area (Å²) in [4.78, 5) is 2.43. The van der Waals surface area contributed by atoms with Gasteiger partial charge in [0.1, 0.15) is 5.75 Å². The van der Waals surface area contributed by atoms with Crippen LogP contribution in [0.3, 0.4) is 0 Å². The standard InChI is InChI=1S/C17H26N4O4S2/c22-16-4-3-14(27(23,24)21-6-1-2-7-21)13-15(16)19-17(26)18-5-8-20-9-11-25-12-10-20/h3-4,13,22H,1-2,5-12H2,(H2,18,19,26). The lowest BCUT2D eigenvalue weighted by molar-refractivity contribution is 0.0389. The summed E-state index contributed by atoms with van der Waals surface area (Å²) in [6.45, 7) is 5.85. The first-order valence-electron chi connectivity index (χ1n) is 9.15. The van der Waals surface area contributed by atoms with E-state index in [1.54, 1.807) is 0 Å². The van der Waals surface area contributed by atoms with E-state index in [2.05, 4.69) is 15.5 Å². The lowest BCUT2D eigenvalue weighted by atomic mass is 10.3. The number of benzene rings is 1. The van der Waals surface area contributed by atoms with Crippen molar-refractivity contribution in [3.05, 3.63) is 18.2 Å². The van der Waals surface area contributed by atoms with Crippen molar-refractivity contribution in [2.24, 2.45) is 0 Å². The number of ether oxygens (including phenoxy) is 1. The van der Waals surface area contributed by atoms with Crippen LogP contribution in [0.15, 0.2) is 23.1 Å². The molecule has 3 rings (SSSR count). The van der Waals surface area contributed by atoms with E-state index in [9.17, 15) is 13.5 Å². The number of phenolic OH excluding ortho intramolecular Hbond substituents is 1. The second kappa shape index (κ2) is 9.16. The molecule has 1 aromatic carbocycles. The van der Waals surface area contributed by atoms with Crippen LogP contribution in [0.2, 0.25) is 0 Å². The highest BCUT2D eigenvalue weighted by Gasteiger charge is 2.27. The maximum absolute atomic E-state index is 12.7. The molecule has 0 bridgehead atoms. The highest BCUT2D eigenvalue weighted by atomic mass is 32.2. The summed E-state index contributed by atoms with van der Waals surface area (Å²) >= 11 is 5.27. The van der Waals surface area contributed by atoms with E-state index in [1.807, 2.05) is 0 Å². The summed E-state index contributed by atoms with van der Waals surface area (Å²) in [5.74, 6) is -0.0484. The minimum atomic E-state index is -3.55.